The highest BCUT2D eigenvalue weighted by Crippen LogP contribution is 2.23. The molecule has 1 nitrogen and oxygen atoms in total. The van der Waals surface area contributed by atoms with Crippen molar-refractivity contribution in [2.24, 2.45) is 0 Å². The number of thiazole rings is 1. The fourth-order valence-electron chi connectivity index (χ4n) is 1.41. The lowest BCUT2D eigenvalue weighted by Gasteiger charge is -1.92. The summed E-state index contributed by atoms with van der Waals surface area (Å²) in [6.07, 6.45) is 0. The summed E-state index contributed by atoms with van der Waals surface area (Å²) in [5, 5.41) is 1.96. The van der Waals surface area contributed by atoms with E-state index in [1.54, 1.807) is 0 Å². The van der Waals surface area contributed by atoms with Gasteiger partial charge < -0.3 is 0 Å². The molecule has 0 fully saturated rings. The minimum Gasteiger partial charge on any atom is -0.225 e. The molecular weight excluding hydrogens is 342 g/mol. The third kappa shape index (κ3) is 4.78. The van der Waals surface area contributed by atoms with Crippen molar-refractivity contribution in [3.8, 4) is 11.3 Å². The normalized spacial score (nSPS) is 9.58. The fourth-order valence-corrected chi connectivity index (χ4v) is 2.49. The van der Waals surface area contributed by atoms with Crippen molar-refractivity contribution in [3.05, 3.63) is 75.0 Å². The fraction of sp³-hybridized carbons (Fsp3) is 0. The number of hydrogen-bond donors (Lipinski definition) is 0. The van der Waals surface area contributed by atoms with E-state index in [4.69, 9.17) is 11.6 Å². The first-order valence-electron chi connectivity index (χ1n) is 5.63. The Kier molecular flexibility index (Phi) is 5.58. The Hall–Kier alpha value is -1.16. The van der Waals surface area contributed by atoms with Gasteiger partial charge in [-0.05, 0) is 12.1 Å². The molecule has 0 spiro atoms. The van der Waals surface area contributed by atoms with Crippen LogP contribution >= 0.6 is 38.9 Å². The number of halogens is 2. The monoisotopic (exact) mass is 351 g/mol. The first kappa shape index (κ1) is 14.3. The second kappa shape index (κ2) is 7.43. The van der Waals surface area contributed by atoms with Crippen molar-refractivity contribution in [2.75, 3.05) is 0 Å². The van der Waals surface area contributed by atoms with Gasteiger partial charge >= 0.3 is 0 Å². The summed E-state index contributed by atoms with van der Waals surface area (Å²) < 4.78 is 1.73. The zero-order valence-corrected chi connectivity index (χ0v) is 13.1. The largest absolute Gasteiger partial charge is 0.225 e. The van der Waals surface area contributed by atoms with Gasteiger partial charge in [-0.25, -0.2) is 4.98 Å². The van der Waals surface area contributed by atoms with Crippen LogP contribution in [0.5, 0.6) is 0 Å². The first-order valence-corrected chi connectivity index (χ1v) is 7.68. The van der Waals surface area contributed by atoms with Crippen LogP contribution in [-0.2, 0) is 0 Å². The van der Waals surface area contributed by atoms with Gasteiger partial charge in [0.05, 0.1) is 5.69 Å². The summed E-state index contributed by atoms with van der Waals surface area (Å²) >= 11 is 10.5. The average molecular weight is 353 g/mol. The molecule has 0 aliphatic heterocycles. The maximum Gasteiger partial charge on any atom is 0.184 e. The van der Waals surface area contributed by atoms with Gasteiger partial charge in [-0.1, -0.05) is 76.1 Å². The molecule has 2 aromatic carbocycles. The maximum absolute atomic E-state index is 5.72. The minimum absolute atomic E-state index is 0.592. The maximum atomic E-state index is 5.72. The number of nitrogens with zero attached hydrogens (tertiary/aromatic N) is 1. The van der Waals surface area contributed by atoms with E-state index in [0.29, 0.717) is 4.47 Å². The molecule has 0 N–H and O–H groups in total. The lowest BCUT2D eigenvalue weighted by atomic mass is 10.2. The van der Waals surface area contributed by atoms with Gasteiger partial charge in [0.25, 0.3) is 0 Å². The SMILES string of the molecule is Brc1ccccc1.Clc1nc(-c2ccccc2)cs1. The van der Waals surface area contributed by atoms with E-state index >= 15 is 0 Å². The molecule has 19 heavy (non-hydrogen) atoms. The molecule has 0 unspecified atom stereocenters. The van der Waals surface area contributed by atoms with E-state index < -0.39 is 0 Å². The van der Waals surface area contributed by atoms with Crippen molar-refractivity contribution in [2.45, 2.75) is 0 Å². The van der Waals surface area contributed by atoms with Crippen LogP contribution in [0.1, 0.15) is 0 Å². The highest BCUT2D eigenvalue weighted by Gasteiger charge is 2.00. The Labute approximate surface area is 130 Å². The Morgan fingerprint density at radius 2 is 1.47 bits per heavy atom. The number of hydrogen-bond acceptors (Lipinski definition) is 2. The predicted molar refractivity (Wildman–Crippen MR) is 86.7 cm³/mol. The number of rotatable bonds is 1. The van der Waals surface area contributed by atoms with Crippen molar-refractivity contribution in [1.82, 2.24) is 4.98 Å². The zero-order chi connectivity index (χ0) is 13.5. The van der Waals surface area contributed by atoms with Crippen LogP contribution in [-0.4, -0.2) is 4.98 Å². The molecule has 0 amide bonds. The van der Waals surface area contributed by atoms with Crippen molar-refractivity contribution in [1.29, 1.82) is 0 Å². The van der Waals surface area contributed by atoms with Gasteiger partial charge in [-0.2, -0.15) is 0 Å². The Morgan fingerprint density at radius 1 is 0.895 bits per heavy atom. The van der Waals surface area contributed by atoms with Crippen molar-refractivity contribution >= 4 is 38.9 Å². The topological polar surface area (TPSA) is 12.9 Å². The first-order chi connectivity index (χ1) is 9.25. The minimum atomic E-state index is 0.592. The van der Waals surface area contributed by atoms with Gasteiger partial charge in [-0.3, -0.25) is 0 Å². The standard InChI is InChI=1S/C9H6ClNS.C6H5Br/c10-9-11-8(6-12-9)7-4-2-1-3-5-7;7-6-4-2-1-3-5-6/h1-6H;1-5H. The second-order valence-electron chi connectivity index (χ2n) is 3.65. The zero-order valence-electron chi connectivity index (χ0n) is 9.96. The molecule has 4 heteroatoms. The second-order valence-corrected chi connectivity index (χ2v) is 6.00. The molecule has 0 radical (unpaired) electrons. The van der Waals surface area contributed by atoms with E-state index in [0.717, 1.165) is 15.7 Å². The predicted octanol–water partition coefficient (Wildman–Crippen LogP) is 5.91. The Morgan fingerprint density at radius 3 is 1.89 bits per heavy atom. The van der Waals surface area contributed by atoms with E-state index in [2.05, 4.69) is 20.9 Å². The number of aromatic nitrogens is 1. The summed E-state index contributed by atoms with van der Waals surface area (Å²) in [5.74, 6) is 0. The van der Waals surface area contributed by atoms with Crippen LogP contribution in [0.4, 0.5) is 0 Å². The lowest BCUT2D eigenvalue weighted by Crippen LogP contribution is -1.74. The number of benzene rings is 2. The molecule has 0 saturated carbocycles. The van der Waals surface area contributed by atoms with Crippen LogP contribution < -0.4 is 0 Å². The van der Waals surface area contributed by atoms with E-state index in [9.17, 15) is 0 Å². The van der Waals surface area contributed by atoms with Crippen LogP contribution in [0.15, 0.2) is 70.5 Å². The molecular formula is C15H11BrClNS. The molecule has 1 heterocycles. The van der Waals surface area contributed by atoms with Crippen LogP contribution in [0.25, 0.3) is 11.3 Å². The summed E-state index contributed by atoms with van der Waals surface area (Å²) in [6, 6.07) is 20.0. The summed E-state index contributed by atoms with van der Waals surface area (Å²) in [4.78, 5) is 4.16. The van der Waals surface area contributed by atoms with Gasteiger partial charge in [0.1, 0.15) is 0 Å². The van der Waals surface area contributed by atoms with Crippen LogP contribution in [0.2, 0.25) is 4.47 Å². The van der Waals surface area contributed by atoms with Crippen molar-refractivity contribution < 1.29 is 0 Å². The quantitative estimate of drug-likeness (QED) is 0.530. The molecule has 1 aromatic heterocycles. The van der Waals surface area contributed by atoms with Gasteiger partial charge in [0, 0.05) is 15.4 Å². The average Bonchev–Trinajstić information content (AvgIpc) is 2.88. The van der Waals surface area contributed by atoms with Gasteiger partial charge in [0.15, 0.2) is 4.47 Å². The lowest BCUT2D eigenvalue weighted by molar-refractivity contribution is 1.41. The molecule has 3 aromatic rings. The summed E-state index contributed by atoms with van der Waals surface area (Å²) in [7, 11) is 0. The summed E-state index contributed by atoms with van der Waals surface area (Å²) in [6.45, 7) is 0. The summed E-state index contributed by atoms with van der Waals surface area (Å²) in [5.41, 5.74) is 2.06. The third-order valence-electron chi connectivity index (χ3n) is 2.28. The van der Waals surface area contributed by atoms with E-state index in [-0.39, 0.29) is 0 Å². The van der Waals surface area contributed by atoms with E-state index in [1.165, 1.54) is 11.3 Å². The molecule has 0 aliphatic rings. The molecule has 0 saturated heterocycles. The highest BCUT2D eigenvalue weighted by molar-refractivity contribution is 9.10. The molecule has 0 atom stereocenters. The molecule has 0 bridgehead atoms. The smallest absolute Gasteiger partial charge is 0.184 e. The van der Waals surface area contributed by atoms with Crippen molar-refractivity contribution in [3.63, 3.8) is 0 Å². The van der Waals surface area contributed by atoms with Crippen LogP contribution in [0.3, 0.4) is 0 Å². The third-order valence-corrected chi connectivity index (χ3v) is 3.79. The van der Waals surface area contributed by atoms with Gasteiger partial charge in [0.2, 0.25) is 0 Å². The van der Waals surface area contributed by atoms with E-state index in [1.807, 2.05) is 66.0 Å². The Bertz CT molecular complexity index is 610. The highest BCUT2D eigenvalue weighted by atomic mass is 79.9. The van der Waals surface area contributed by atoms with Gasteiger partial charge in [-0.15, -0.1) is 11.3 Å². The Balaban J connectivity index is 0.000000163. The molecule has 0 aliphatic carbocycles. The molecule has 3 rings (SSSR count). The molecule has 96 valence electrons. The van der Waals surface area contributed by atoms with Crippen LogP contribution in [0, 0.1) is 0 Å².